The molecule has 0 aliphatic heterocycles. The molecular formula is C16H24N2O3. The maximum atomic E-state index is 12.0. The lowest BCUT2D eigenvalue weighted by atomic mass is 10.0. The Hall–Kier alpha value is -1.88. The van der Waals surface area contributed by atoms with Crippen LogP contribution >= 0.6 is 0 Å². The number of amides is 2. The van der Waals surface area contributed by atoms with Crippen LogP contribution in [-0.4, -0.2) is 29.6 Å². The average Bonchev–Trinajstić information content (AvgIpc) is 2.46. The zero-order valence-electron chi connectivity index (χ0n) is 12.8. The van der Waals surface area contributed by atoms with E-state index in [0.717, 1.165) is 5.56 Å². The summed E-state index contributed by atoms with van der Waals surface area (Å²) in [6.07, 6.45) is 1.11. The van der Waals surface area contributed by atoms with Crippen molar-refractivity contribution in [2.24, 2.45) is 0 Å². The summed E-state index contributed by atoms with van der Waals surface area (Å²) in [4.78, 5) is 23.8. The van der Waals surface area contributed by atoms with Crippen molar-refractivity contribution in [2.45, 2.75) is 45.6 Å². The molecule has 0 aromatic heterocycles. The predicted octanol–water partition coefficient (Wildman–Crippen LogP) is 2.03. The van der Waals surface area contributed by atoms with Gasteiger partial charge in [-0.2, -0.15) is 0 Å². The van der Waals surface area contributed by atoms with Gasteiger partial charge in [-0.05, 0) is 30.4 Å². The van der Waals surface area contributed by atoms with E-state index in [4.69, 9.17) is 5.11 Å². The summed E-state index contributed by atoms with van der Waals surface area (Å²) in [7, 11) is 0. The van der Waals surface area contributed by atoms with Crippen LogP contribution < -0.4 is 10.6 Å². The minimum Gasteiger partial charge on any atom is -0.396 e. The summed E-state index contributed by atoms with van der Waals surface area (Å²) >= 11 is 0. The Morgan fingerprint density at radius 1 is 1.19 bits per heavy atom. The van der Waals surface area contributed by atoms with Crippen molar-refractivity contribution < 1.29 is 14.7 Å². The minimum atomic E-state index is -0.681. The van der Waals surface area contributed by atoms with Gasteiger partial charge in [0.25, 0.3) is 0 Å². The lowest BCUT2D eigenvalue weighted by Crippen LogP contribution is -2.42. The smallest absolute Gasteiger partial charge is 0.313 e. The number of anilines is 1. The number of aliphatic hydroxyl groups is 1. The van der Waals surface area contributed by atoms with E-state index in [1.165, 1.54) is 0 Å². The highest BCUT2D eigenvalue weighted by atomic mass is 16.3. The Bertz CT molecular complexity index is 486. The van der Waals surface area contributed by atoms with Crippen molar-refractivity contribution >= 4 is 17.5 Å². The Kier molecular flexibility index (Phi) is 6.88. The number of nitrogens with one attached hydrogen (secondary N) is 2. The number of para-hydroxylation sites is 1. The minimum absolute atomic E-state index is 0.0173. The summed E-state index contributed by atoms with van der Waals surface area (Å²) in [6.45, 7) is 5.93. The van der Waals surface area contributed by atoms with E-state index in [9.17, 15) is 9.59 Å². The third-order valence-electron chi connectivity index (χ3n) is 3.34. The lowest BCUT2D eigenvalue weighted by Gasteiger charge is -2.17. The van der Waals surface area contributed by atoms with Gasteiger partial charge in [-0.25, -0.2) is 0 Å². The van der Waals surface area contributed by atoms with Crippen molar-refractivity contribution in [3.63, 3.8) is 0 Å². The van der Waals surface area contributed by atoms with E-state index in [-0.39, 0.29) is 18.6 Å². The van der Waals surface area contributed by atoms with Crippen molar-refractivity contribution in [1.29, 1.82) is 0 Å². The second kappa shape index (κ2) is 8.42. The Morgan fingerprint density at radius 3 is 2.43 bits per heavy atom. The summed E-state index contributed by atoms with van der Waals surface area (Å²) in [5.41, 5.74) is 1.64. The van der Waals surface area contributed by atoms with Gasteiger partial charge in [-0.15, -0.1) is 0 Å². The van der Waals surface area contributed by atoms with E-state index in [2.05, 4.69) is 10.6 Å². The fraction of sp³-hybridized carbons (Fsp3) is 0.500. The summed E-state index contributed by atoms with van der Waals surface area (Å²) in [5, 5.41) is 14.2. The van der Waals surface area contributed by atoms with E-state index >= 15 is 0 Å². The van der Waals surface area contributed by atoms with Crippen LogP contribution in [0, 0.1) is 0 Å². The van der Waals surface area contributed by atoms with Gasteiger partial charge >= 0.3 is 11.8 Å². The summed E-state index contributed by atoms with van der Waals surface area (Å²) in [6, 6.07) is 7.25. The van der Waals surface area contributed by atoms with Crippen molar-refractivity contribution in [1.82, 2.24) is 5.32 Å². The molecule has 21 heavy (non-hydrogen) atoms. The predicted molar refractivity (Wildman–Crippen MR) is 83.1 cm³/mol. The van der Waals surface area contributed by atoms with Crippen LogP contribution in [0.25, 0.3) is 0 Å². The summed E-state index contributed by atoms with van der Waals surface area (Å²) < 4.78 is 0. The molecule has 1 unspecified atom stereocenters. The molecule has 0 spiro atoms. The molecule has 1 aromatic rings. The number of carbonyl (C=O) groups is 2. The highest BCUT2D eigenvalue weighted by molar-refractivity contribution is 6.39. The fourth-order valence-electron chi connectivity index (χ4n) is 2.08. The molecule has 5 nitrogen and oxygen atoms in total. The van der Waals surface area contributed by atoms with Gasteiger partial charge in [0.2, 0.25) is 0 Å². The first-order chi connectivity index (χ1) is 9.99. The van der Waals surface area contributed by atoms with Crippen molar-refractivity contribution in [2.75, 3.05) is 11.9 Å². The van der Waals surface area contributed by atoms with Gasteiger partial charge in [-0.3, -0.25) is 9.59 Å². The Labute approximate surface area is 125 Å². The molecule has 0 bridgehead atoms. The summed E-state index contributed by atoms with van der Waals surface area (Å²) in [5.74, 6) is -1.10. The average molecular weight is 292 g/mol. The molecule has 5 heteroatoms. The maximum absolute atomic E-state index is 12.0. The molecule has 116 valence electrons. The molecular weight excluding hydrogens is 268 g/mol. The van der Waals surface area contributed by atoms with Crippen LogP contribution in [0.4, 0.5) is 5.69 Å². The monoisotopic (exact) mass is 292 g/mol. The Balaban J connectivity index is 2.70. The van der Waals surface area contributed by atoms with Gasteiger partial charge in [0.15, 0.2) is 0 Å². The van der Waals surface area contributed by atoms with Crippen LogP contribution in [0.5, 0.6) is 0 Å². The van der Waals surface area contributed by atoms with E-state index in [1.54, 1.807) is 6.07 Å². The van der Waals surface area contributed by atoms with E-state index in [0.29, 0.717) is 18.5 Å². The quantitative estimate of drug-likeness (QED) is 0.702. The molecule has 0 fully saturated rings. The highest BCUT2D eigenvalue weighted by Crippen LogP contribution is 2.23. The van der Waals surface area contributed by atoms with Crippen LogP contribution in [0.3, 0.4) is 0 Å². The van der Waals surface area contributed by atoms with Gasteiger partial charge in [-0.1, -0.05) is 39.0 Å². The first-order valence-electron chi connectivity index (χ1n) is 7.31. The number of benzene rings is 1. The third-order valence-corrected chi connectivity index (χ3v) is 3.34. The van der Waals surface area contributed by atoms with Crippen LogP contribution in [0.15, 0.2) is 24.3 Å². The van der Waals surface area contributed by atoms with Gasteiger partial charge in [0, 0.05) is 18.3 Å². The molecule has 3 N–H and O–H groups in total. The van der Waals surface area contributed by atoms with Gasteiger partial charge in [0.05, 0.1) is 0 Å². The zero-order valence-corrected chi connectivity index (χ0v) is 12.8. The Morgan fingerprint density at radius 2 is 1.86 bits per heavy atom. The maximum Gasteiger partial charge on any atom is 0.313 e. The lowest BCUT2D eigenvalue weighted by molar-refractivity contribution is -0.136. The number of rotatable bonds is 6. The number of hydrogen-bond donors (Lipinski definition) is 3. The molecule has 0 heterocycles. The second-order valence-electron chi connectivity index (χ2n) is 5.29. The molecule has 0 saturated carbocycles. The molecule has 2 amide bonds. The first-order valence-corrected chi connectivity index (χ1v) is 7.31. The van der Waals surface area contributed by atoms with Gasteiger partial charge in [0.1, 0.15) is 0 Å². The van der Waals surface area contributed by atoms with Crippen LogP contribution in [-0.2, 0) is 9.59 Å². The number of hydrogen-bond acceptors (Lipinski definition) is 3. The van der Waals surface area contributed by atoms with Crippen LogP contribution in [0.1, 0.15) is 45.1 Å². The third kappa shape index (κ3) is 5.19. The van der Waals surface area contributed by atoms with E-state index < -0.39 is 11.8 Å². The number of carbonyl (C=O) groups excluding carboxylic acids is 2. The topological polar surface area (TPSA) is 78.4 Å². The van der Waals surface area contributed by atoms with Crippen LogP contribution in [0.2, 0.25) is 0 Å². The largest absolute Gasteiger partial charge is 0.396 e. The van der Waals surface area contributed by atoms with Crippen molar-refractivity contribution in [3.8, 4) is 0 Å². The highest BCUT2D eigenvalue weighted by Gasteiger charge is 2.18. The van der Waals surface area contributed by atoms with Crippen molar-refractivity contribution in [3.05, 3.63) is 29.8 Å². The molecule has 0 aliphatic rings. The fourth-order valence-corrected chi connectivity index (χ4v) is 2.08. The normalized spacial score (nSPS) is 12.0. The molecule has 1 aromatic carbocycles. The zero-order chi connectivity index (χ0) is 15.8. The molecule has 0 aliphatic carbocycles. The second-order valence-corrected chi connectivity index (χ2v) is 5.29. The molecule has 1 atom stereocenters. The van der Waals surface area contributed by atoms with E-state index in [1.807, 2.05) is 39.0 Å². The molecule has 0 saturated heterocycles. The SMILES string of the molecule is CCC(CCO)NC(=O)C(=O)Nc1ccccc1C(C)C. The van der Waals surface area contributed by atoms with Gasteiger partial charge < -0.3 is 15.7 Å². The molecule has 1 rings (SSSR count). The standard InChI is InChI=1S/C16H24N2O3/c1-4-12(9-10-19)17-15(20)16(21)18-14-8-6-5-7-13(14)11(2)3/h5-8,11-12,19H,4,9-10H2,1-3H3,(H,17,20)(H,18,21). The first kappa shape index (κ1) is 17.2. The molecule has 0 radical (unpaired) electrons. The number of aliphatic hydroxyl groups excluding tert-OH is 1.